The lowest BCUT2D eigenvalue weighted by molar-refractivity contribution is 0.241. The van der Waals surface area contributed by atoms with Gasteiger partial charge in [0.05, 0.1) is 12.3 Å². The van der Waals surface area contributed by atoms with Crippen LogP contribution < -0.4 is 10.1 Å². The van der Waals surface area contributed by atoms with Gasteiger partial charge < -0.3 is 10.1 Å². The molecule has 0 spiro atoms. The lowest BCUT2D eigenvalue weighted by atomic mass is 9.89. The van der Waals surface area contributed by atoms with Gasteiger partial charge in [0.15, 0.2) is 0 Å². The van der Waals surface area contributed by atoms with Crippen molar-refractivity contribution in [3.63, 3.8) is 0 Å². The molecular weight excluding hydrogens is 236 g/mol. The van der Waals surface area contributed by atoms with Crippen LogP contribution in [0.15, 0.2) is 24.5 Å². The Hall–Kier alpha value is -1.35. The van der Waals surface area contributed by atoms with Gasteiger partial charge in [-0.25, -0.2) is 0 Å². The van der Waals surface area contributed by atoms with Gasteiger partial charge in [0, 0.05) is 18.3 Å². The monoisotopic (exact) mass is 258 g/mol. The molecule has 3 nitrogen and oxygen atoms in total. The number of fused-ring (bicyclic) bond motifs is 2. The Morgan fingerprint density at radius 1 is 1.37 bits per heavy atom. The topological polar surface area (TPSA) is 34.1 Å². The number of nitrogens with one attached hydrogen (secondary N) is 1. The van der Waals surface area contributed by atoms with Crippen LogP contribution >= 0.6 is 0 Å². The van der Waals surface area contributed by atoms with Gasteiger partial charge in [-0.2, -0.15) is 0 Å². The number of aromatic nitrogens is 1. The summed E-state index contributed by atoms with van der Waals surface area (Å²) in [5, 5.41) is 3.66. The van der Waals surface area contributed by atoms with Crippen LogP contribution in [-0.4, -0.2) is 23.2 Å². The van der Waals surface area contributed by atoms with Crippen molar-refractivity contribution in [2.45, 2.75) is 51.3 Å². The highest BCUT2D eigenvalue weighted by Crippen LogP contribution is 2.34. The second kappa shape index (κ2) is 5.33. The minimum atomic E-state index is 0.191. The number of ether oxygens (including phenoxy) is 1. The fourth-order valence-corrected chi connectivity index (χ4v) is 3.18. The average Bonchev–Trinajstić information content (AvgIpc) is 2.98. The van der Waals surface area contributed by atoms with Crippen LogP contribution in [0.5, 0.6) is 5.75 Å². The van der Waals surface area contributed by atoms with Crippen LogP contribution in [0.3, 0.4) is 0 Å². The van der Waals surface area contributed by atoms with Crippen LogP contribution in [0.2, 0.25) is 0 Å². The Kier molecular flexibility index (Phi) is 3.56. The Bertz CT molecular complexity index is 470. The van der Waals surface area contributed by atoms with Crippen LogP contribution in [0, 0.1) is 5.92 Å². The number of hydrogen-bond donors (Lipinski definition) is 1. The summed E-state index contributed by atoms with van der Waals surface area (Å²) in [5.74, 6) is 1.54. The van der Waals surface area contributed by atoms with Gasteiger partial charge in [-0.1, -0.05) is 12.2 Å². The van der Waals surface area contributed by atoms with Crippen molar-refractivity contribution in [3.05, 3.63) is 30.1 Å². The van der Waals surface area contributed by atoms with Crippen molar-refractivity contribution in [2.24, 2.45) is 5.92 Å². The lowest BCUT2D eigenvalue weighted by Gasteiger charge is -2.15. The van der Waals surface area contributed by atoms with Gasteiger partial charge in [0.2, 0.25) is 0 Å². The first kappa shape index (κ1) is 12.7. The van der Waals surface area contributed by atoms with Gasteiger partial charge in [0.1, 0.15) is 5.75 Å². The van der Waals surface area contributed by atoms with Crippen molar-refractivity contribution in [3.8, 4) is 5.75 Å². The molecule has 1 N–H and O–H groups in total. The molecule has 1 aromatic heterocycles. The standard InChI is InChI=1S/C16H22N2O/c1-11(2)19-15-7-12(9-17-10-15)3-4-13-8-14-5-6-16(13)18-14/h3-4,7,9-11,13-14,16,18H,5-6,8H2,1-2H3/b4-3+. The largest absolute Gasteiger partial charge is 0.489 e. The van der Waals surface area contributed by atoms with Crippen molar-refractivity contribution < 1.29 is 4.74 Å². The molecule has 0 aromatic carbocycles. The van der Waals surface area contributed by atoms with Crippen molar-refractivity contribution >= 4 is 6.08 Å². The van der Waals surface area contributed by atoms with Gasteiger partial charge in [-0.3, -0.25) is 4.98 Å². The molecule has 2 fully saturated rings. The van der Waals surface area contributed by atoms with E-state index >= 15 is 0 Å². The van der Waals surface area contributed by atoms with Crippen LogP contribution in [0.4, 0.5) is 0 Å². The first-order chi connectivity index (χ1) is 9.20. The molecule has 3 heterocycles. The zero-order valence-electron chi connectivity index (χ0n) is 11.7. The summed E-state index contributed by atoms with van der Waals surface area (Å²) in [6.07, 6.45) is 12.4. The zero-order valence-corrected chi connectivity index (χ0v) is 11.7. The molecule has 0 aliphatic carbocycles. The van der Waals surface area contributed by atoms with Crippen LogP contribution in [-0.2, 0) is 0 Å². The average molecular weight is 258 g/mol. The van der Waals surface area contributed by atoms with Crippen molar-refractivity contribution in [1.82, 2.24) is 10.3 Å². The third kappa shape index (κ3) is 2.98. The molecule has 3 rings (SSSR count). The summed E-state index contributed by atoms with van der Waals surface area (Å²) < 4.78 is 5.67. The predicted molar refractivity (Wildman–Crippen MR) is 77.1 cm³/mol. The number of rotatable bonds is 4. The highest BCUT2D eigenvalue weighted by atomic mass is 16.5. The molecule has 2 saturated heterocycles. The van der Waals surface area contributed by atoms with Crippen molar-refractivity contribution in [1.29, 1.82) is 0 Å². The first-order valence-electron chi connectivity index (χ1n) is 7.26. The summed E-state index contributed by atoms with van der Waals surface area (Å²) in [5.41, 5.74) is 1.13. The number of nitrogens with zero attached hydrogens (tertiary/aromatic N) is 1. The SMILES string of the molecule is CC(C)Oc1cncc(/C=C/C2CC3CCC2N3)c1. The maximum Gasteiger partial charge on any atom is 0.138 e. The van der Waals surface area contributed by atoms with Crippen molar-refractivity contribution in [2.75, 3.05) is 0 Å². The van der Waals surface area contributed by atoms with Crippen LogP contribution in [0.1, 0.15) is 38.7 Å². The minimum absolute atomic E-state index is 0.191. The maximum atomic E-state index is 5.67. The van der Waals surface area contributed by atoms with E-state index in [2.05, 4.69) is 28.5 Å². The molecular formula is C16H22N2O. The van der Waals surface area contributed by atoms with E-state index in [4.69, 9.17) is 4.74 Å². The number of pyridine rings is 1. The minimum Gasteiger partial charge on any atom is -0.489 e. The summed E-state index contributed by atoms with van der Waals surface area (Å²) in [6.45, 7) is 4.06. The Balaban J connectivity index is 1.66. The molecule has 0 radical (unpaired) electrons. The Morgan fingerprint density at radius 2 is 2.26 bits per heavy atom. The molecule has 3 heteroatoms. The Morgan fingerprint density at radius 3 is 2.95 bits per heavy atom. The van der Waals surface area contributed by atoms with E-state index in [9.17, 15) is 0 Å². The summed E-state index contributed by atoms with van der Waals surface area (Å²) in [7, 11) is 0. The zero-order chi connectivity index (χ0) is 13.2. The normalized spacial score (nSPS) is 29.5. The first-order valence-corrected chi connectivity index (χ1v) is 7.26. The van der Waals surface area contributed by atoms with Gasteiger partial charge in [0.25, 0.3) is 0 Å². The van der Waals surface area contributed by atoms with E-state index in [-0.39, 0.29) is 6.10 Å². The molecule has 2 aliphatic heterocycles. The van der Waals surface area contributed by atoms with E-state index in [1.165, 1.54) is 19.3 Å². The lowest BCUT2D eigenvalue weighted by Crippen LogP contribution is -2.21. The fourth-order valence-electron chi connectivity index (χ4n) is 3.18. The second-order valence-electron chi connectivity index (χ2n) is 5.93. The van der Waals surface area contributed by atoms with Gasteiger partial charge in [-0.15, -0.1) is 0 Å². The smallest absolute Gasteiger partial charge is 0.138 e. The molecule has 2 aliphatic rings. The third-order valence-corrected chi connectivity index (χ3v) is 3.99. The molecule has 19 heavy (non-hydrogen) atoms. The summed E-state index contributed by atoms with van der Waals surface area (Å²) in [6, 6.07) is 3.52. The molecule has 0 saturated carbocycles. The van der Waals surface area contributed by atoms with E-state index < -0.39 is 0 Å². The highest BCUT2D eigenvalue weighted by Gasteiger charge is 2.37. The van der Waals surface area contributed by atoms with E-state index in [0.29, 0.717) is 12.0 Å². The van der Waals surface area contributed by atoms with E-state index in [1.807, 2.05) is 20.0 Å². The molecule has 102 valence electrons. The predicted octanol–water partition coefficient (Wildman–Crippen LogP) is 3.02. The van der Waals surface area contributed by atoms with Gasteiger partial charge >= 0.3 is 0 Å². The van der Waals surface area contributed by atoms with Crippen LogP contribution in [0.25, 0.3) is 6.08 Å². The summed E-state index contributed by atoms with van der Waals surface area (Å²) in [4.78, 5) is 4.24. The maximum absolute atomic E-state index is 5.67. The molecule has 2 bridgehead atoms. The molecule has 0 amide bonds. The second-order valence-corrected chi connectivity index (χ2v) is 5.93. The van der Waals surface area contributed by atoms with E-state index in [1.54, 1.807) is 6.20 Å². The molecule has 3 atom stereocenters. The summed E-state index contributed by atoms with van der Waals surface area (Å²) >= 11 is 0. The molecule has 3 unspecified atom stereocenters. The fraction of sp³-hybridized carbons (Fsp3) is 0.562. The van der Waals surface area contributed by atoms with E-state index in [0.717, 1.165) is 17.4 Å². The third-order valence-electron chi connectivity index (χ3n) is 3.99. The highest BCUT2D eigenvalue weighted by molar-refractivity contribution is 5.50. The molecule has 1 aromatic rings. The quantitative estimate of drug-likeness (QED) is 0.901. The Labute approximate surface area is 115 Å². The number of hydrogen-bond acceptors (Lipinski definition) is 3. The van der Waals surface area contributed by atoms with Gasteiger partial charge in [-0.05, 0) is 50.7 Å².